The number of hydrogen-bond acceptors (Lipinski definition) is 3. The highest BCUT2D eigenvalue weighted by atomic mass is 32.2. The third-order valence-electron chi connectivity index (χ3n) is 4.63. The molecule has 0 fully saturated rings. The van der Waals surface area contributed by atoms with Crippen molar-refractivity contribution in [1.82, 2.24) is 5.32 Å². The highest BCUT2D eigenvalue weighted by molar-refractivity contribution is 7.92. The van der Waals surface area contributed by atoms with Gasteiger partial charge in [0.05, 0.1) is 10.6 Å². The van der Waals surface area contributed by atoms with Crippen molar-refractivity contribution in [2.45, 2.75) is 44.0 Å². The standard InChI is InChI=1S/C20H24N2O3S/c1-3-7-15(2)21-20(23)17-9-6-10-18(14-17)26(24,25)22-13-12-16-8-4-5-11-19(16)22/h4-6,8-11,14-15H,3,7,12-13H2,1-2H3,(H,21,23)/t15-/m1/s1. The first-order chi connectivity index (χ1) is 12.4. The van der Waals surface area contributed by atoms with Crippen LogP contribution in [0.3, 0.4) is 0 Å². The first-order valence-electron chi connectivity index (χ1n) is 8.95. The molecule has 0 unspecified atom stereocenters. The Bertz CT molecular complexity index is 909. The number of carbonyl (C=O) groups is 1. The maximum absolute atomic E-state index is 13.1. The Morgan fingerprint density at radius 3 is 2.73 bits per heavy atom. The average Bonchev–Trinajstić information content (AvgIpc) is 3.07. The quantitative estimate of drug-likeness (QED) is 0.845. The van der Waals surface area contributed by atoms with Gasteiger partial charge in [0.2, 0.25) is 0 Å². The first-order valence-corrected chi connectivity index (χ1v) is 10.4. The normalized spacial score (nSPS) is 14.8. The number of para-hydroxylation sites is 1. The summed E-state index contributed by atoms with van der Waals surface area (Å²) in [5, 5.41) is 2.91. The van der Waals surface area contributed by atoms with Gasteiger partial charge in [-0.3, -0.25) is 9.10 Å². The molecule has 138 valence electrons. The minimum atomic E-state index is -3.69. The second kappa shape index (κ2) is 7.50. The fourth-order valence-electron chi connectivity index (χ4n) is 3.29. The zero-order valence-electron chi connectivity index (χ0n) is 15.1. The number of nitrogens with one attached hydrogen (secondary N) is 1. The van der Waals surface area contributed by atoms with Crippen molar-refractivity contribution in [3.05, 3.63) is 59.7 Å². The number of sulfonamides is 1. The summed E-state index contributed by atoms with van der Waals surface area (Å²) in [5.74, 6) is -0.246. The van der Waals surface area contributed by atoms with Gasteiger partial charge in [-0.25, -0.2) is 8.42 Å². The van der Waals surface area contributed by atoms with E-state index in [1.165, 1.54) is 10.4 Å². The van der Waals surface area contributed by atoms with Crippen LogP contribution in [-0.4, -0.2) is 26.9 Å². The van der Waals surface area contributed by atoms with E-state index in [9.17, 15) is 13.2 Å². The van der Waals surface area contributed by atoms with E-state index >= 15 is 0 Å². The molecule has 1 aliphatic rings. The Morgan fingerprint density at radius 2 is 1.96 bits per heavy atom. The minimum Gasteiger partial charge on any atom is -0.350 e. The third-order valence-corrected chi connectivity index (χ3v) is 6.44. The molecule has 1 N–H and O–H groups in total. The number of rotatable bonds is 6. The molecule has 6 heteroatoms. The second-order valence-corrected chi connectivity index (χ2v) is 8.51. The topological polar surface area (TPSA) is 66.5 Å². The summed E-state index contributed by atoms with van der Waals surface area (Å²) in [6, 6.07) is 13.8. The van der Waals surface area contributed by atoms with Gasteiger partial charge in [-0.1, -0.05) is 37.6 Å². The van der Waals surface area contributed by atoms with Crippen LogP contribution in [0.1, 0.15) is 42.6 Å². The summed E-state index contributed by atoms with van der Waals surface area (Å²) in [4.78, 5) is 12.6. The zero-order valence-corrected chi connectivity index (χ0v) is 15.9. The summed E-state index contributed by atoms with van der Waals surface area (Å²) in [6.07, 6.45) is 2.56. The number of amides is 1. The van der Waals surface area contributed by atoms with Crippen LogP contribution in [-0.2, 0) is 16.4 Å². The van der Waals surface area contributed by atoms with Crippen LogP contribution >= 0.6 is 0 Å². The molecule has 1 atom stereocenters. The summed E-state index contributed by atoms with van der Waals surface area (Å²) in [6.45, 7) is 4.43. The molecule has 2 aromatic carbocycles. The lowest BCUT2D eigenvalue weighted by Gasteiger charge is -2.20. The van der Waals surface area contributed by atoms with E-state index in [-0.39, 0.29) is 16.8 Å². The highest BCUT2D eigenvalue weighted by Gasteiger charge is 2.30. The van der Waals surface area contributed by atoms with Crippen LogP contribution in [0.2, 0.25) is 0 Å². The molecule has 5 nitrogen and oxygen atoms in total. The van der Waals surface area contributed by atoms with Crippen molar-refractivity contribution in [3.8, 4) is 0 Å². The molecule has 0 aliphatic carbocycles. The van der Waals surface area contributed by atoms with Crippen LogP contribution in [0.15, 0.2) is 53.4 Å². The van der Waals surface area contributed by atoms with Gasteiger partial charge >= 0.3 is 0 Å². The molecule has 3 rings (SSSR count). The number of benzene rings is 2. The van der Waals surface area contributed by atoms with Gasteiger partial charge < -0.3 is 5.32 Å². The number of hydrogen-bond donors (Lipinski definition) is 1. The van der Waals surface area contributed by atoms with Crippen LogP contribution in [0.4, 0.5) is 5.69 Å². The van der Waals surface area contributed by atoms with Gasteiger partial charge in [-0.05, 0) is 49.6 Å². The smallest absolute Gasteiger partial charge is 0.264 e. The SMILES string of the molecule is CCC[C@@H](C)NC(=O)c1cccc(S(=O)(=O)N2CCc3ccccc32)c1. The van der Waals surface area contributed by atoms with Gasteiger partial charge in [-0.15, -0.1) is 0 Å². The molecule has 0 saturated carbocycles. The number of carbonyl (C=O) groups excluding carboxylic acids is 1. The van der Waals surface area contributed by atoms with Crippen LogP contribution in [0, 0.1) is 0 Å². The maximum Gasteiger partial charge on any atom is 0.264 e. The van der Waals surface area contributed by atoms with E-state index in [0.29, 0.717) is 18.5 Å². The maximum atomic E-state index is 13.1. The van der Waals surface area contributed by atoms with Crippen LogP contribution < -0.4 is 9.62 Å². The third kappa shape index (κ3) is 3.60. The van der Waals surface area contributed by atoms with E-state index in [1.807, 2.05) is 31.2 Å². The lowest BCUT2D eigenvalue weighted by molar-refractivity contribution is 0.0938. The Balaban J connectivity index is 1.87. The summed E-state index contributed by atoms with van der Waals surface area (Å²) >= 11 is 0. The molecule has 1 amide bonds. The fraction of sp³-hybridized carbons (Fsp3) is 0.350. The van der Waals surface area contributed by atoms with E-state index in [0.717, 1.165) is 24.1 Å². The van der Waals surface area contributed by atoms with Crippen molar-refractivity contribution in [2.24, 2.45) is 0 Å². The van der Waals surface area contributed by atoms with Crippen molar-refractivity contribution < 1.29 is 13.2 Å². The second-order valence-electron chi connectivity index (χ2n) is 6.65. The molecule has 0 aromatic heterocycles. The van der Waals surface area contributed by atoms with E-state index in [2.05, 4.69) is 12.2 Å². The Kier molecular flexibility index (Phi) is 5.32. The monoisotopic (exact) mass is 372 g/mol. The van der Waals surface area contributed by atoms with Gasteiger partial charge in [0.1, 0.15) is 0 Å². The van der Waals surface area contributed by atoms with Gasteiger partial charge in [-0.2, -0.15) is 0 Å². The van der Waals surface area contributed by atoms with E-state index < -0.39 is 10.0 Å². The lowest BCUT2D eigenvalue weighted by Crippen LogP contribution is -2.33. The lowest BCUT2D eigenvalue weighted by atomic mass is 10.1. The van der Waals surface area contributed by atoms with Crippen molar-refractivity contribution >= 4 is 21.6 Å². The molecule has 1 heterocycles. The zero-order chi connectivity index (χ0) is 18.7. The summed E-state index contributed by atoms with van der Waals surface area (Å²) in [5.41, 5.74) is 2.11. The molecule has 0 radical (unpaired) electrons. The Hall–Kier alpha value is -2.34. The predicted octanol–water partition coefficient (Wildman–Crippen LogP) is 3.36. The van der Waals surface area contributed by atoms with Crippen molar-refractivity contribution in [2.75, 3.05) is 10.8 Å². The minimum absolute atomic E-state index is 0.0539. The largest absolute Gasteiger partial charge is 0.350 e. The predicted molar refractivity (Wildman–Crippen MR) is 103 cm³/mol. The highest BCUT2D eigenvalue weighted by Crippen LogP contribution is 2.32. The van der Waals surface area contributed by atoms with Gasteiger partial charge in [0, 0.05) is 18.2 Å². The summed E-state index contributed by atoms with van der Waals surface area (Å²) in [7, 11) is -3.69. The number of anilines is 1. The van der Waals surface area contributed by atoms with Gasteiger partial charge in [0.15, 0.2) is 0 Å². The van der Waals surface area contributed by atoms with E-state index in [1.54, 1.807) is 18.2 Å². The average molecular weight is 372 g/mol. The molecule has 26 heavy (non-hydrogen) atoms. The molecule has 0 bridgehead atoms. The fourth-order valence-corrected chi connectivity index (χ4v) is 4.84. The van der Waals surface area contributed by atoms with Gasteiger partial charge in [0.25, 0.3) is 15.9 Å². The molecule has 2 aromatic rings. The number of nitrogens with zero attached hydrogens (tertiary/aromatic N) is 1. The molecular weight excluding hydrogens is 348 g/mol. The van der Waals surface area contributed by atoms with Crippen molar-refractivity contribution in [1.29, 1.82) is 0 Å². The molecule has 0 saturated heterocycles. The number of fused-ring (bicyclic) bond motifs is 1. The van der Waals surface area contributed by atoms with Crippen LogP contribution in [0.25, 0.3) is 0 Å². The Labute approximate surface area is 155 Å². The first kappa shape index (κ1) is 18.5. The molecule has 0 spiro atoms. The summed E-state index contributed by atoms with van der Waals surface area (Å²) < 4.78 is 27.6. The Morgan fingerprint density at radius 1 is 1.19 bits per heavy atom. The molecular formula is C20H24N2O3S. The van der Waals surface area contributed by atoms with Crippen molar-refractivity contribution in [3.63, 3.8) is 0 Å². The molecule has 1 aliphatic heterocycles. The van der Waals surface area contributed by atoms with E-state index in [4.69, 9.17) is 0 Å². The van der Waals surface area contributed by atoms with Crippen LogP contribution in [0.5, 0.6) is 0 Å².